The van der Waals surface area contributed by atoms with Gasteiger partial charge in [-0.15, -0.1) is 0 Å². The summed E-state index contributed by atoms with van der Waals surface area (Å²) in [7, 11) is 0. The molecule has 1 aromatic heterocycles. The van der Waals surface area contributed by atoms with Crippen LogP contribution in [0.3, 0.4) is 0 Å². The zero-order chi connectivity index (χ0) is 12.0. The largest absolute Gasteiger partial charge is 0.481 e. The molecule has 88 valence electrons. The summed E-state index contributed by atoms with van der Waals surface area (Å²) in [5.41, 5.74) is 0. The zero-order valence-electron chi connectivity index (χ0n) is 8.82. The Morgan fingerprint density at radius 2 is 2.31 bits per heavy atom. The van der Waals surface area contributed by atoms with Crippen LogP contribution >= 0.6 is 0 Å². The van der Waals surface area contributed by atoms with Gasteiger partial charge in [-0.2, -0.15) is 0 Å². The number of rotatable bonds is 6. The zero-order valence-corrected chi connectivity index (χ0v) is 8.82. The van der Waals surface area contributed by atoms with Crippen LogP contribution in [0.15, 0.2) is 10.6 Å². The number of carbonyl (C=O) groups excluding carboxylic acids is 1. The quantitative estimate of drug-likeness (QED) is 0.590. The molecular formula is C9H13N3O4. The van der Waals surface area contributed by atoms with E-state index in [0.29, 0.717) is 11.6 Å². The van der Waals surface area contributed by atoms with Crippen molar-refractivity contribution in [3.63, 3.8) is 0 Å². The molecule has 1 heterocycles. The summed E-state index contributed by atoms with van der Waals surface area (Å²) in [5, 5.41) is 17.1. The molecule has 0 radical (unpaired) electrons. The van der Waals surface area contributed by atoms with Crippen LogP contribution in [0.5, 0.6) is 0 Å². The fourth-order valence-electron chi connectivity index (χ4n) is 1.01. The number of hydrogen-bond donors (Lipinski definition) is 3. The fourth-order valence-corrected chi connectivity index (χ4v) is 1.01. The lowest BCUT2D eigenvalue weighted by Gasteiger charge is -2.02. The number of aliphatic carboxylic acids is 1. The van der Waals surface area contributed by atoms with Crippen molar-refractivity contribution in [3.05, 3.63) is 11.8 Å². The van der Waals surface area contributed by atoms with Crippen molar-refractivity contribution in [3.8, 4) is 0 Å². The van der Waals surface area contributed by atoms with E-state index in [1.54, 1.807) is 13.0 Å². The van der Waals surface area contributed by atoms with Crippen molar-refractivity contribution >= 4 is 17.7 Å². The number of carboxylic acids is 1. The Kier molecular flexibility index (Phi) is 4.46. The summed E-state index contributed by atoms with van der Waals surface area (Å²) in [6.45, 7) is 2.01. The van der Waals surface area contributed by atoms with E-state index in [4.69, 9.17) is 9.63 Å². The van der Waals surface area contributed by atoms with Crippen LogP contribution in [-0.4, -0.2) is 35.2 Å². The highest BCUT2D eigenvalue weighted by atomic mass is 16.5. The van der Waals surface area contributed by atoms with E-state index in [1.807, 2.05) is 0 Å². The Hall–Kier alpha value is -1.89. The minimum atomic E-state index is -0.903. The maximum atomic E-state index is 11.3. The van der Waals surface area contributed by atoms with Crippen LogP contribution < -0.4 is 10.6 Å². The Labute approximate surface area is 91.8 Å². The molecule has 3 N–H and O–H groups in total. The monoisotopic (exact) mass is 227 g/mol. The molecule has 0 saturated heterocycles. The van der Waals surface area contributed by atoms with Crippen molar-refractivity contribution < 1.29 is 19.2 Å². The van der Waals surface area contributed by atoms with Crippen molar-refractivity contribution in [2.75, 3.05) is 18.4 Å². The van der Waals surface area contributed by atoms with Crippen molar-refractivity contribution in [2.45, 2.75) is 13.3 Å². The maximum Gasteiger partial charge on any atom is 0.304 e. The third-order valence-corrected chi connectivity index (χ3v) is 1.70. The third-order valence-electron chi connectivity index (χ3n) is 1.70. The lowest BCUT2D eigenvalue weighted by molar-refractivity contribution is -0.137. The Bertz CT molecular complexity index is 375. The SMILES string of the molecule is Cc1cc(NC(=O)CNCCC(=O)O)no1. The maximum absolute atomic E-state index is 11.3. The number of carboxylic acid groups (broad SMARTS) is 1. The van der Waals surface area contributed by atoms with Gasteiger partial charge in [-0.25, -0.2) is 0 Å². The number of aryl methyl sites for hydroxylation is 1. The molecule has 0 bridgehead atoms. The first kappa shape index (κ1) is 12.2. The van der Waals surface area contributed by atoms with E-state index in [1.165, 1.54) is 0 Å². The van der Waals surface area contributed by atoms with E-state index in [9.17, 15) is 9.59 Å². The van der Waals surface area contributed by atoms with Crippen LogP contribution in [0.25, 0.3) is 0 Å². The molecule has 7 nitrogen and oxygen atoms in total. The van der Waals surface area contributed by atoms with Crippen LogP contribution in [0.1, 0.15) is 12.2 Å². The van der Waals surface area contributed by atoms with Crippen molar-refractivity contribution in [1.29, 1.82) is 0 Å². The van der Waals surface area contributed by atoms with Gasteiger partial charge in [-0.1, -0.05) is 5.16 Å². The van der Waals surface area contributed by atoms with E-state index < -0.39 is 5.97 Å². The smallest absolute Gasteiger partial charge is 0.304 e. The van der Waals surface area contributed by atoms with Gasteiger partial charge in [0.2, 0.25) is 5.91 Å². The van der Waals surface area contributed by atoms with Gasteiger partial charge in [-0.05, 0) is 6.92 Å². The summed E-state index contributed by atoms with van der Waals surface area (Å²) in [4.78, 5) is 21.4. The molecule has 0 saturated carbocycles. The van der Waals surface area contributed by atoms with Gasteiger partial charge in [-0.3, -0.25) is 9.59 Å². The summed E-state index contributed by atoms with van der Waals surface area (Å²) in [6, 6.07) is 1.59. The highest BCUT2D eigenvalue weighted by molar-refractivity contribution is 5.91. The van der Waals surface area contributed by atoms with Gasteiger partial charge in [0.25, 0.3) is 0 Å². The Balaban J connectivity index is 2.18. The van der Waals surface area contributed by atoms with Gasteiger partial charge in [0.05, 0.1) is 13.0 Å². The van der Waals surface area contributed by atoms with Gasteiger partial charge >= 0.3 is 5.97 Å². The van der Waals surface area contributed by atoms with Crippen LogP contribution in [0.4, 0.5) is 5.82 Å². The Morgan fingerprint density at radius 1 is 1.56 bits per heavy atom. The molecule has 0 unspecified atom stereocenters. The highest BCUT2D eigenvalue weighted by Gasteiger charge is 2.05. The molecule has 0 spiro atoms. The molecule has 0 fully saturated rings. The minimum absolute atomic E-state index is 0.0175. The number of nitrogens with zero attached hydrogens (tertiary/aromatic N) is 1. The van der Waals surface area contributed by atoms with Gasteiger partial charge < -0.3 is 20.3 Å². The van der Waals surface area contributed by atoms with E-state index in [2.05, 4.69) is 15.8 Å². The molecule has 0 atom stereocenters. The molecule has 16 heavy (non-hydrogen) atoms. The first-order chi connectivity index (χ1) is 7.58. The molecule has 0 aliphatic heterocycles. The van der Waals surface area contributed by atoms with Gasteiger partial charge in [0.1, 0.15) is 5.76 Å². The van der Waals surface area contributed by atoms with Gasteiger partial charge in [0, 0.05) is 12.6 Å². The van der Waals surface area contributed by atoms with Crippen molar-refractivity contribution in [2.24, 2.45) is 0 Å². The topological polar surface area (TPSA) is 104 Å². The van der Waals surface area contributed by atoms with E-state index in [-0.39, 0.29) is 25.4 Å². The van der Waals surface area contributed by atoms with Crippen molar-refractivity contribution in [1.82, 2.24) is 10.5 Å². The lowest BCUT2D eigenvalue weighted by Crippen LogP contribution is -2.29. The summed E-state index contributed by atoms with van der Waals surface area (Å²) >= 11 is 0. The molecule has 1 rings (SSSR count). The average Bonchev–Trinajstić information content (AvgIpc) is 2.58. The lowest BCUT2D eigenvalue weighted by atomic mass is 10.4. The van der Waals surface area contributed by atoms with E-state index >= 15 is 0 Å². The number of hydrogen-bond acceptors (Lipinski definition) is 5. The number of amides is 1. The Morgan fingerprint density at radius 3 is 2.88 bits per heavy atom. The molecular weight excluding hydrogens is 214 g/mol. The second-order valence-electron chi connectivity index (χ2n) is 3.19. The molecule has 0 aromatic carbocycles. The standard InChI is InChI=1S/C9H13N3O4/c1-6-4-7(12-16-6)11-8(13)5-10-3-2-9(14)15/h4,10H,2-3,5H2,1H3,(H,14,15)(H,11,12,13). The molecule has 1 aromatic rings. The predicted octanol–water partition coefficient (Wildman–Crippen LogP) is -0.0142. The summed E-state index contributed by atoms with van der Waals surface area (Å²) in [5.74, 6) is -0.240. The second kappa shape index (κ2) is 5.86. The molecule has 0 aliphatic carbocycles. The first-order valence-corrected chi connectivity index (χ1v) is 4.73. The van der Waals surface area contributed by atoms with Gasteiger partial charge in [0.15, 0.2) is 5.82 Å². The highest BCUT2D eigenvalue weighted by Crippen LogP contribution is 2.05. The number of carbonyl (C=O) groups is 2. The first-order valence-electron chi connectivity index (χ1n) is 4.73. The molecule has 0 aliphatic rings. The van der Waals surface area contributed by atoms with Crippen LogP contribution in [-0.2, 0) is 9.59 Å². The minimum Gasteiger partial charge on any atom is -0.481 e. The predicted molar refractivity (Wildman–Crippen MR) is 55.0 cm³/mol. The summed E-state index contributed by atoms with van der Waals surface area (Å²) < 4.78 is 4.76. The fraction of sp³-hybridized carbons (Fsp3) is 0.444. The van der Waals surface area contributed by atoms with Crippen LogP contribution in [0.2, 0.25) is 0 Å². The number of anilines is 1. The van der Waals surface area contributed by atoms with Crippen LogP contribution in [0, 0.1) is 6.92 Å². The van der Waals surface area contributed by atoms with E-state index in [0.717, 1.165) is 0 Å². The second-order valence-corrected chi connectivity index (χ2v) is 3.19. The summed E-state index contributed by atoms with van der Waals surface area (Å²) in [6.07, 6.45) is -0.0175. The number of nitrogens with one attached hydrogen (secondary N) is 2. The normalized spacial score (nSPS) is 10.1. The molecule has 1 amide bonds. The third kappa shape index (κ3) is 4.56. The molecule has 7 heteroatoms. The number of aromatic nitrogens is 1. The average molecular weight is 227 g/mol.